The predicted molar refractivity (Wildman–Crippen MR) is 72.5 cm³/mol. The molecule has 100 valence electrons. The van der Waals surface area contributed by atoms with Gasteiger partial charge in [-0.05, 0) is 43.5 Å². The van der Waals surface area contributed by atoms with E-state index < -0.39 is 0 Å². The number of nitrogens with zero attached hydrogens (tertiary/aromatic N) is 1. The second kappa shape index (κ2) is 5.76. The van der Waals surface area contributed by atoms with Gasteiger partial charge in [-0.3, -0.25) is 4.79 Å². The van der Waals surface area contributed by atoms with Gasteiger partial charge in [0.05, 0.1) is 14.2 Å². The summed E-state index contributed by atoms with van der Waals surface area (Å²) in [6, 6.07) is 2.03. The maximum atomic E-state index is 11.3. The van der Waals surface area contributed by atoms with Crippen molar-refractivity contribution >= 4 is 11.7 Å². The van der Waals surface area contributed by atoms with Crippen molar-refractivity contribution in [2.75, 3.05) is 32.7 Å². The molecule has 0 saturated heterocycles. The Kier molecular flexibility index (Phi) is 4.59. The van der Waals surface area contributed by atoms with Gasteiger partial charge >= 0.3 is 5.97 Å². The Morgan fingerprint density at radius 2 is 1.83 bits per heavy atom. The fraction of sp³-hybridized carbons (Fsp3) is 0.500. The summed E-state index contributed by atoms with van der Waals surface area (Å²) in [7, 11) is 4.95. The van der Waals surface area contributed by atoms with Crippen LogP contribution in [0.4, 0.5) is 5.69 Å². The Bertz CT molecular complexity index is 455. The molecule has 0 aliphatic heterocycles. The third kappa shape index (κ3) is 2.75. The van der Waals surface area contributed by atoms with Gasteiger partial charge in [0.15, 0.2) is 0 Å². The first-order chi connectivity index (χ1) is 8.42. The Labute approximate surface area is 108 Å². The highest BCUT2D eigenvalue weighted by Gasteiger charge is 2.15. The SMILES string of the molecule is COC(=O)CN(C)c1cc(C)c(OC)c(C)c1C. The van der Waals surface area contributed by atoms with E-state index >= 15 is 0 Å². The van der Waals surface area contributed by atoms with Crippen LogP contribution in [0.3, 0.4) is 0 Å². The number of ether oxygens (including phenoxy) is 2. The molecule has 1 aromatic carbocycles. The minimum absolute atomic E-state index is 0.239. The first kappa shape index (κ1) is 14.4. The lowest BCUT2D eigenvalue weighted by atomic mass is 10.0. The van der Waals surface area contributed by atoms with Gasteiger partial charge in [-0.25, -0.2) is 0 Å². The van der Waals surface area contributed by atoms with Gasteiger partial charge in [0.2, 0.25) is 0 Å². The third-order valence-electron chi connectivity index (χ3n) is 3.21. The average molecular weight is 251 g/mol. The van der Waals surface area contributed by atoms with Crippen molar-refractivity contribution in [3.05, 3.63) is 22.8 Å². The van der Waals surface area contributed by atoms with E-state index in [1.165, 1.54) is 7.11 Å². The number of rotatable bonds is 4. The molecular formula is C14H21NO3. The summed E-state index contributed by atoms with van der Waals surface area (Å²) < 4.78 is 10.1. The molecule has 18 heavy (non-hydrogen) atoms. The molecule has 1 rings (SSSR count). The predicted octanol–water partition coefficient (Wildman–Crippen LogP) is 2.23. The Balaban J connectivity index is 3.14. The number of likely N-dealkylation sites (N-methyl/N-ethyl adjacent to an activating group) is 1. The number of aryl methyl sites for hydroxylation is 1. The van der Waals surface area contributed by atoms with Gasteiger partial charge in [0.25, 0.3) is 0 Å². The third-order valence-corrected chi connectivity index (χ3v) is 3.21. The van der Waals surface area contributed by atoms with Crippen molar-refractivity contribution in [1.29, 1.82) is 0 Å². The molecule has 0 spiro atoms. The van der Waals surface area contributed by atoms with Crippen molar-refractivity contribution < 1.29 is 14.3 Å². The Morgan fingerprint density at radius 1 is 1.22 bits per heavy atom. The summed E-state index contributed by atoms with van der Waals surface area (Å²) >= 11 is 0. The molecule has 0 unspecified atom stereocenters. The van der Waals surface area contributed by atoms with Gasteiger partial charge in [0.1, 0.15) is 12.3 Å². The van der Waals surface area contributed by atoms with E-state index in [4.69, 9.17) is 4.74 Å². The molecule has 4 heteroatoms. The largest absolute Gasteiger partial charge is 0.496 e. The zero-order valence-electron chi connectivity index (χ0n) is 12.0. The number of carbonyl (C=O) groups excluding carboxylic acids is 1. The van der Waals surface area contributed by atoms with E-state index in [2.05, 4.69) is 4.74 Å². The highest BCUT2D eigenvalue weighted by molar-refractivity contribution is 5.76. The van der Waals surface area contributed by atoms with Gasteiger partial charge in [-0.2, -0.15) is 0 Å². The van der Waals surface area contributed by atoms with Crippen molar-refractivity contribution in [1.82, 2.24) is 0 Å². The minimum atomic E-state index is -0.247. The molecule has 0 aliphatic rings. The van der Waals surface area contributed by atoms with Crippen LogP contribution in [0.2, 0.25) is 0 Å². The van der Waals surface area contributed by atoms with Crippen LogP contribution in [0.25, 0.3) is 0 Å². The van der Waals surface area contributed by atoms with Crippen LogP contribution >= 0.6 is 0 Å². The maximum absolute atomic E-state index is 11.3. The number of esters is 1. The second-order valence-electron chi connectivity index (χ2n) is 4.43. The van der Waals surface area contributed by atoms with E-state index in [1.807, 2.05) is 38.8 Å². The summed E-state index contributed by atoms with van der Waals surface area (Å²) in [5.74, 6) is 0.658. The molecule has 0 radical (unpaired) electrons. The zero-order chi connectivity index (χ0) is 13.9. The summed E-state index contributed by atoms with van der Waals surface area (Å²) in [5, 5.41) is 0. The highest BCUT2D eigenvalue weighted by Crippen LogP contribution is 2.32. The number of benzene rings is 1. The number of carbonyl (C=O) groups is 1. The average Bonchev–Trinajstić information content (AvgIpc) is 2.34. The van der Waals surface area contributed by atoms with Gasteiger partial charge in [0, 0.05) is 12.7 Å². The standard InChI is InChI=1S/C14H21NO3/c1-9-7-12(15(4)8-13(16)17-5)10(2)11(3)14(9)18-6/h7H,8H2,1-6H3. The molecule has 4 nitrogen and oxygen atoms in total. The second-order valence-corrected chi connectivity index (χ2v) is 4.43. The number of anilines is 1. The molecule has 0 saturated carbocycles. The van der Waals surface area contributed by atoms with Crippen LogP contribution in [-0.2, 0) is 9.53 Å². The summed E-state index contributed by atoms with van der Waals surface area (Å²) in [4.78, 5) is 13.2. The fourth-order valence-corrected chi connectivity index (χ4v) is 2.09. The Morgan fingerprint density at radius 3 is 2.33 bits per heavy atom. The van der Waals surface area contributed by atoms with Crippen LogP contribution in [0, 0.1) is 20.8 Å². The van der Waals surface area contributed by atoms with Crippen molar-refractivity contribution in [2.24, 2.45) is 0 Å². The number of methoxy groups -OCH3 is 2. The lowest BCUT2D eigenvalue weighted by molar-refractivity contribution is -0.138. The molecule has 0 aliphatic carbocycles. The molecular weight excluding hydrogens is 230 g/mol. The molecule has 0 heterocycles. The number of hydrogen-bond donors (Lipinski definition) is 0. The van der Waals surface area contributed by atoms with E-state index in [9.17, 15) is 4.79 Å². The minimum Gasteiger partial charge on any atom is -0.496 e. The van der Waals surface area contributed by atoms with Crippen molar-refractivity contribution in [3.63, 3.8) is 0 Å². The van der Waals surface area contributed by atoms with Gasteiger partial charge in [-0.1, -0.05) is 0 Å². The summed E-state index contributed by atoms with van der Waals surface area (Å²) in [5.41, 5.74) is 4.30. The lowest BCUT2D eigenvalue weighted by Gasteiger charge is -2.23. The summed E-state index contributed by atoms with van der Waals surface area (Å²) in [6.07, 6.45) is 0. The smallest absolute Gasteiger partial charge is 0.325 e. The van der Waals surface area contributed by atoms with Gasteiger partial charge in [-0.15, -0.1) is 0 Å². The van der Waals surface area contributed by atoms with Crippen LogP contribution < -0.4 is 9.64 Å². The van der Waals surface area contributed by atoms with E-state index in [0.29, 0.717) is 0 Å². The quantitative estimate of drug-likeness (QED) is 0.769. The molecule has 0 atom stereocenters. The van der Waals surface area contributed by atoms with Crippen LogP contribution in [0.15, 0.2) is 6.07 Å². The van der Waals surface area contributed by atoms with Crippen molar-refractivity contribution in [3.8, 4) is 5.75 Å². The monoisotopic (exact) mass is 251 g/mol. The maximum Gasteiger partial charge on any atom is 0.325 e. The fourth-order valence-electron chi connectivity index (χ4n) is 2.09. The van der Waals surface area contributed by atoms with E-state index in [-0.39, 0.29) is 12.5 Å². The van der Waals surface area contributed by atoms with E-state index in [1.54, 1.807) is 7.11 Å². The molecule has 0 amide bonds. The van der Waals surface area contributed by atoms with Crippen LogP contribution in [-0.4, -0.2) is 33.8 Å². The van der Waals surface area contributed by atoms with Crippen molar-refractivity contribution in [2.45, 2.75) is 20.8 Å². The van der Waals surface area contributed by atoms with E-state index in [0.717, 1.165) is 28.1 Å². The zero-order valence-corrected chi connectivity index (χ0v) is 12.0. The lowest BCUT2D eigenvalue weighted by Crippen LogP contribution is -2.27. The molecule has 0 aromatic heterocycles. The molecule has 0 bridgehead atoms. The summed E-state index contributed by atoms with van der Waals surface area (Å²) in [6.45, 7) is 6.29. The Hall–Kier alpha value is -1.71. The van der Waals surface area contributed by atoms with Crippen LogP contribution in [0.1, 0.15) is 16.7 Å². The first-order valence-corrected chi connectivity index (χ1v) is 5.85. The number of hydrogen-bond acceptors (Lipinski definition) is 4. The molecule has 0 fully saturated rings. The first-order valence-electron chi connectivity index (χ1n) is 5.85. The van der Waals surface area contributed by atoms with Gasteiger partial charge < -0.3 is 14.4 Å². The van der Waals surface area contributed by atoms with Crippen LogP contribution in [0.5, 0.6) is 5.75 Å². The molecule has 1 aromatic rings. The topological polar surface area (TPSA) is 38.8 Å². The normalized spacial score (nSPS) is 10.1. The highest BCUT2D eigenvalue weighted by atomic mass is 16.5. The molecule has 0 N–H and O–H groups in total.